The second-order valence-electron chi connectivity index (χ2n) is 5.48. The molecule has 0 saturated carbocycles. The number of hydrogen-bond donors (Lipinski definition) is 4. The van der Waals surface area contributed by atoms with Gasteiger partial charge in [-0.15, -0.1) is 0 Å². The van der Waals surface area contributed by atoms with Gasteiger partial charge in [0.25, 0.3) is 5.91 Å². The molecule has 1 amide bonds. The summed E-state index contributed by atoms with van der Waals surface area (Å²) in [5.41, 5.74) is 12.5. The number of nitrogens with one attached hydrogen (secondary N) is 3. The standard InChI is InChI=1S/C17H15Cl2N7O/c1-9-3-2-4-13(23-9)24-15-14(20)16(22-8-21-15)25-26-17(27)11-6-5-10(18)7-12(11)19/h2-8H,20H2,1H3,(H,26,27)(H2,21,22,23,24,25). The molecule has 5 N–H and O–H groups in total. The molecule has 3 aromatic rings. The molecule has 0 fully saturated rings. The van der Waals surface area contributed by atoms with Crippen molar-refractivity contribution in [2.45, 2.75) is 6.92 Å². The van der Waals surface area contributed by atoms with E-state index in [0.29, 0.717) is 16.7 Å². The van der Waals surface area contributed by atoms with Crippen LogP contribution in [0.1, 0.15) is 16.1 Å². The van der Waals surface area contributed by atoms with Gasteiger partial charge in [0.2, 0.25) is 0 Å². The SMILES string of the molecule is Cc1cccc(Nc2ncnc(NNC(=O)c3ccc(Cl)cc3Cl)c2N)n1. The lowest BCUT2D eigenvalue weighted by Crippen LogP contribution is -2.30. The van der Waals surface area contributed by atoms with Gasteiger partial charge in [-0.25, -0.2) is 15.0 Å². The third-order valence-corrected chi connectivity index (χ3v) is 4.04. The molecule has 2 heterocycles. The van der Waals surface area contributed by atoms with E-state index in [0.717, 1.165) is 5.69 Å². The van der Waals surface area contributed by atoms with E-state index in [1.807, 2.05) is 19.1 Å². The number of benzene rings is 1. The number of nitrogens with two attached hydrogens (primary N) is 1. The number of aromatic nitrogens is 3. The highest BCUT2D eigenvalue weighted by Gasteiger charge is 2.13. The van der Waals surface area contributed by atoms with Gasteiger partial charge in [-0.1, -0.05) is 29.3 Å². The van der Waals surface area contributed by atoms with E-state index < -0.39 is 5.91 Å². The van der Waals surface area contributed by atoms with E-state index in [2.05, 4.69) is 31.1 Å². The molecule has 0 aliphatic heterocycles. The summed E-state index contributed by atoms with van der Waals surface area (Å²) in [5, 5.41) is 3.67. The molecule has 138 valence electrons. The molecule has 27 heavy (non-hydrogen) atoms. The highest BCUT2D eigenvalue weighted by molar-refractivity contribution is 6.36. The second kappa shape index (κ2) is 8.07. The number of carbonyl (C=O) groups excluding carboxylic acids is 1. The van der Waals surface area contributed by atoms with E-state index in [1.165, 1.54) is 18.5 Å². The van der Waals surface area contributed by atoms with Gasteiger partial charge in [-0.05, 0) is 37.3 Å². The normalized spacial score (nSPS) is 10.3. The quantitative estimate of drug-likeness (QED) is 0.480. The lowest BCUT2D eigenvalue weighted by molar-refractivity contribution is 0.0962. The largest absolute Gasteiger partial charge is 0.393 e. The minimum atomic E-state index is -0.468. The van der Waals surface area contributed by atoms with Crippen LogP contribution in [0.2, 0.25) is 10.0 Å². The van der Waals surface area contributed by atoms with Gasteiger partial charge in [0, 0.05) is 10.7 Å². The number of hydrogen-bond acceptors (Lipinski definition) is 7. The molecule has 0 aliphatic carbocycles. The number of rotatable bonds is 5. The Labute approximate surface area is 165 Å². The summed E-state index contributed by atoms with van der Waals surface area (Å²) in [7, 11) is 0. The molecule has 10 heteroatoms. The average Bonchev–Trinajstić information content (AvgIpc) is 2.62. The summed E-state index contributed by atoms with van der Waals surface area (Å²) in [4.78, 5) is 24.7. The number of anilines is 4. The Morgan fingerprint density at radius 3 is 2.63 bits per heavy atom. The van der Waals surface area contributed by atoms with Crippen LogP contribution in [-0.4, -0.2) is 20.9 Å². The zero-order valence-electron chi connectivity index (χ0n) is 14.1. The first-order chi connectivity index (χ1) is 12.9. The number of halogens is 2. The molecule has 0 spiro atoms. The van der Waals surface area contributed by atoms with Gasteiger partial charge in [0.15, 0.2) is 11.6 Å². The Bertz CT molecular complexity index is 997. The first-order valence-electron chi connectivity index (χ1n) is 7.76. The first kappa shape index (κ1) is 18.7. The van der Waals surface area contributed by atoms with E-state index >= 15 is 0 Å². The summed E-state index contributed by atoms with van der Waals surface area (Å²) in [6, 6.07) is 10.1. The van der Waals surface area contributed by atoms with Crippen LogP contribution in [0.5, 0.6) is 0 Å². The molecular weight excluding hydrogens is 389 g/mol. The number of amides is 1. The lowest BCUT2D eigenvalue weighted by Gasteiger charge is -2.13. The number of hydrazine groups is 1. The van der Waals surface area contributed by atoms with Crippen molar-refractivity contribution in [3.05, 3.63) is 64.0 Å². The fraction of sp³-hybridized carbons (Fsp3) is 0.0588. The molecule has 0 saturated heterocycles. The number of nitrogen functional groups attached to an aromatic ring is 1. The fourth-order valence-electron chi connectivity index (χ4n) is 2.19. The van der Waals surface area contributed by atoms with Crippen LogP contribution in [-0.2, 0) is 0 Å². The first-order valence-corrected chi connectivity index (χ1v) is 8.52. The molecule has 8 nitrogen and oxygen atoms in total. The van der Waals surface area contributed by atoms with Crippen LogP contribution in [0.3, 0.4) is 0 Å². The molecule has 0 aliphatic rings. The summed E-state index contributed by atoms with van der Waals surface area (Å²) in [6.45, 7) is 1.87. The topological polar surface area (TPSA) is 118 Å². The summed E-state index contributed by atoms with van der Waals surface area (Å²) >= 11 is 11.9. The van der Waals surface area contributed by atoms with Crippen molar-refractivity contribution in [1.29, 1.82) is 0 Å². The number of aryl methyl sites for hydroxylation is 1. The van der Waals surface area contributed by atoms with Crippen molar-refractivity contribution < 1.29 is 4.79 Å². The van der Waals surface area contributed by atoms with Crippen LogP contribution < -0.4 is 21.9 Å². The Kier molecular flexibility index (Phi) is 5.58. The number of nitrogens with zero attached hydrogens (tertiary/aromatic N) is 3. The minimum Gasteiger partial charge on any atom is -0.393 e. The highest BCUT2D eigenvalue weighted by Crippen LogP contribution is 2.25. The Morgan fingerprint density at radius 1 is 1.11 bits per heavy atom. The van der Waals surface area contributed by atoms with E-state index in [1.54, 1.807) is 12.1 Å². The Morgan fingerprint density at radius 2 is 1.89 bits per heavy atom. The van der Waals surface area contributed by atoms with E-state index in [9.17, 15) is 4.79 Å². The Hall–Kier alpha value is -3.10. The van der Waals surface area contributed by atoms with Gasteiger partial charge in [0.05, 0.1) is 10.6 Å². The predicted octanol–water partition coefficient (Wildman–Crippen LogP) is 3.57. The zero-order chi connectivity index (χ0) is 19.4. The van der Waals surface area contributed by atoms with Crippen molar-refractivity contribution in [2.24, 2.45) is 0 Å². The van der Waals surface area contributed by atoms with Crippen LogP contribution in [0.4, 0.5) is 23.1 Å². The number of pyridine rings is 1. The summed E-state index contributed by atoms with van der Waals surface area (Å²) in [5.74, 6) is 0.691. The second-order valence-corrected chi connectivity index (χ2v) is 6.32. The smallest absolute Gasteiger partial charge is 0.271 e. The van der Waals surface area contributed by atoms with Crippen LogP contribution >= 0.6 is 23.2 Å². The third kappa shape index (κ3) is 4.55. The molecular formula is C17H15Cl2N7O. The molecule has 2 aromatic heterocycles. The lowest BCUT2D eigenvalue weighted by atomic mass is 10.2. The van der Waals surface area contributed by atoms with Gasteiger partial charge in [-0.2, -0.15) is 0 Å². The van der Waals surface area contributed by atoms with Crippen LogP contribution in [0.25, 0.3) is 0 Å². The fourth-order valence-corrected chi connectivity index (χ4v) is 2.68. The maximum absolute atomic E-state index is 12.3. The van der Waals surface area contributed by atoms with E-state index in [-0.39, 0.29) is 22.1 Å². The summed E-state index contributed by atoms with van der Waals surface area (Å²) < 4.78 is 0. The molecule has 0 atom stereocenters. The predicted molar refractivity (Wildman–Crippen MR) is 106 cm³/mol. The van der Waals surface area contributed by atoms with Crippen molar-refractivity contribution in [3.8, 4) is 0 Å². The van der Waals surface area contributed by atoms with Gasteiger partial charge >= 0.3 is 0 Å². The van der Waals surface area contributed by atoms with Crippen LogP contribution in [0.15, 0.2) is 42.7 Å². The molecule has 1 aromatic carbocycles. The van der Waals surface area contributed by atoms with Gasteiger partial charge in [-0.3, -0.25) is 15.6 Å². The number of carbonyl (C=O) groups is 1. The minimum absolute atomic E-state index is 0.211. The molecule has 3 rings (SSSR count). The van der Waals surface area contributed by atoms with Crippen molar-refractivity contribution in [1.82, 2.24) is 20.4 Å². The van der Waals surface area contributed by atoms with E-state index in [4.69, 9.17) is 28.9 Å². The molecule has 0 radical (unpaired) electrons. The van der Waals surface area contributed by atoms with Crippen LogP contribution in [0, 0.1) is 6.92 Å². The van der Waals surface area contributed by atoms with Crippen molar-refractivity contribution in [2.75, 3.05) is 16.5 Å². The monoisotopic (exact) mass is 403 g/mol. The van der Waals surface area contributed by atoms with Crippen molar-refractivity contribution >= 4 is 52.3 Å². The molecule has 0 bridgehead atoms. The maximum Gasteiger partial charge on any atom is 0.271 e. The van der Waals surface area contributed by atoms with Gasteiger partial charge < -0.3 is 11.1 Å². The zero-order valence-corrected chi connectivity index (χ0v) is 15.6. The third-order valence-electron chi connectivity index (χ3n) is 3.49. The van der Waals surface area contributed by atoms with Crippen molar-refractivity contribution in [3.63, 3.8) is 0 Å². The summed E-state index contributed by atoms with van der Waals surface area (Å²) in [6.07, 6.45) is 1.30. The Balaban J connectivity index is 1.73. The van der Waals surface area contributed by atoms with Gasteiger partial charge in [0.1, 0.15) is 17.8 Å². The average molecular weight is 404 g/mol. The maximum atomic E-state index is 12.3. The molecule has 0 unspecified atom stereocenters. The highest BCUT2D eigenvalue weighted by atomic mass is 35.5.